The van der Waals surface area contributed by atoms with Crippen molar-refractivity contribution in [1.29, 1.82) is 0 Å². The minimum atomic E-state index is -0.581. The summed E-state index contributed by atoms with van der Waals surface area (Å²) in [5.41, 5.74) is 19.4. The van der Waals surface area contributed by atoms with Gasteiger partial charge in [0, 0.05) is 22.0 Å². The number of benzene rings is 9. The van der Waals surface area contributed by atoms with Gasteiger partial charge in [-0.3, -0.25) is 0 Å². The van der Waals surface area contributed by atoms with Crippen LogP contribution in [0.1, 0.15) is 22.3 Å². The third-order valence-electron chi connectivity index (χ3n) is 12.3. The van der Waals surface area contributed by atoms with E-state index in [1.165, 1.54) is 66.8 Å². The van der Waals surface area contributed by atoms with E-state index in [-0.39, 0.29) is 0 Å². The van der Waals surface area contributed by atoms with E-state index in [2.05, 4.69) is 211 Å². The van der Waals surface area contributed by atoms with Gasteiger partial charge in [0.05, 0.1) is 16.8 Å². The van der Waals surface area contributed by atoms with E-state index < -0.39 is 5.41 Å². The molecule has 0 saturated carbocycles. The summed E-state index contributed by atoms with van der Waals surface area (Å²) in [6.07, 6.45) is 0. The molecule has 0 saturated heterocycles. The first-order chi connectivity index (χ1) is 28.3. The number of nitrogens with zero attached hydrogens (tertiary/aromatic N) is 1. The fourth-order valence-electron chi connectivity index (χ4n) is 10.0. The van der Waals surface area contributed by atoms with Crippen molar-refractivity contribution in [2.75, 3.05) is 4.90 Å². The van der Waals surface area contributed by atoms with Gasteiger partial charge in [-0.25, -0.2) is 0 Å². The third-order valence-corrected chi connectivity index (χ3v) is 12.3. The van der Waals surface area contributed by atoms with E-state index >= 15 is 0 Å². The molecule has 0 aliphatic heterocycles. The molecule has 0 atom stereocenters. The second-order valence-electron chi connectivity index (χ2n) is 15.1. The maximum Gasteiger partial charge on any atom is 0.159 e. The van der Waals surface area contributed by atoms with Crippen molar-refractivity contribution in [2.45, 2.75) is 5.41 Å². The average molecular weight is 726 g/mol. The van der Waals surface area contributed by atoms with E-state index in [1.54, 1.807) is 0 Å². The summed E-state index contributed by atoms with van der Waals surface area (Å²) < 4.78 is 6.80. The largest absolute Gasteiger partial charge is 0.454 e. The van der Waals surface area contributed by atoms with Gasteiger partial charge in [0.25, 0.3) is 0 Å². The highest BCUT2D eigenvalue weighted by atomic mass is 16.3. The molecule has 0 fully saturated rings. The molecule has 0 amide bonds. The van der Waals surface area contributed by atoms with Crippen molar-refractivity contribution in [3.05, 3.63) is 235 Å². The molecule has 0 unspecified atom stereocenters. The lowest BCUT2D eigenvalue weighted by atomic mass is 9.66. The maximum atomic E-state index is 6.80. The highest BCUT2D eigenvalue weighted by molar-refractivity contribution is 6.11. The van der Waals surface area contributed by atoms with Crippen LogP contribution in [-0.4, -0.2) is 0 Å². The molecule has 57 heavy (non-hydrogen) atoms. The Balaban J connectivity index is 1.19. The van der Waals surface area contributed by atoms with Crippen molar-refractivity contribution >= 4 is 39.0 Å². The number of hydrogen-bond acceptors (Lipinski definition) is 2. The van der Waals surface area contributed by atoms with Crippen molar-refractivity contribution < 1.29 is 4.42 Å². The van der Waals surface area contributed by atoms with Crippen molar-refractivity contribution in [2.24, 2.45) is 0 Å². The monoisotopic (exact) mass is 725 g/mol. The Hall–Kier alpha value is -7.42. The van der Waals surface area contributed by atoms with Gasteiger partial charge in [-0.05, 0) is 91.5 Å². The van der Waals surface area contributed by atoms with Crippen LogP contribution >= 0.6 is 0 Å². The van der Waals surface area contributed by atoms with Gasteiger partial charge in [-0.2, -0.15) is 0 Å². The zero-order valence-corrected chi connectivity index (χ0v) is 31.1. The Kier molecular flexibility index (Phi) is 6.88. The lowest BCUT2D eigenvalue weighted by molar-refractivity contribution is 0.669. The number of furan rings is 1. The molecule has 10 aromatic rings. The molecule has 0 radical (unpaired) electrons. The fourth-order valence-corrected chi connectivity index (χ4v) is 10.0. The van der Waals surface area contributed by atoms with E-state index in [0.717, 1.165) is 39.0 Å². The molecule has 2 nitrogen and oxygen atoms in total. The first-order valence-electron chi connectivity index (χ1n) is 19.7. The van der Waals surface area contributed by atoms with Crippen LogP contribution in [-0.2, 0) is 5.41 Å². The number of hydrogen-bond donors (Lipinski definition) is 0. The summed E-state index contributed by atoms with van der Waals surface area (Å²) in [5.74, 6) is 0. The van der Waals surface area contributed by atoms with Crippen LogP contribution in [0.25, 0.3) is 66.4 Å². The minimum Gasteiger partial charge on any atom is -0.454 e. The quantitative estimate of drug-likeness (QED) is 0.180. The van der Waals surface area contributed by atoms with Crippen LogP contribution in [0.2, 0.25) is 0 Å². The van der Waals surface area contributed by atoms with Crippen LogP contribution in [0.15, 0.2) is 217 Å². The highest BCUT2D eigenvalue weighted by Crippen LogP contribution is 2.63. The van der Waals surface area contributed by atoms with Gasteiger partial charge < -0.3 is 9.32 Å². The molecular formula is C55H35NO. The summed E-state index contributed by atoms with van der Waals surface area (Å²) in [6, 6.07) is 77.6. The van der Waals surface area contributed by atoms with Crippen LogP contribution in [0.3, 0.4) is 0 Å². The van der Waals surface area contributed by atoms with E-state index in [0.29, 0.717) is 0 Å². The topological polar surface area (TPSA) is 16.4 Å². The predicted octanol–water partition coefficient (Wildman–Crippen LogP) is 14.7. The molecule has 1 heterocycles. The molecule has 9 aromatic carbocycles. The Morgan fingerprint density at radius 2 is 0.825 bits per heavy atom. The zero-order chi connectivity index (χ0) is 37.5. The molecule has 2 aliphatic rings. The van der Waals surface area contributed by atoms with Crippen LogP contribution in [0, 0.1) is 0 Å². The number of fused-ring (bicyclic) bond motifs is 15. The first kappa shape index (κ1) is 31.9. The molecule has 2 heteroatoms. The summed E-state index contributed by atoms with van der Waals surface area (Å²) in [6.45, 7) is 0. The van der Waals surface area contributed by atoms with Crippen LogP contribution in [0.4, 0.5) is 17.1 Å². The molecule has 12 rings (SSSR count). The summed E-state index contributed by atoms with van der Waals surface area (Å²) in [7, 11) is 0. The Morgan fingerprint density at radius 3 is 1.53 bits per heavy atom. The fraction of sp³-hybridized carbons (Fsp3) is 0.0182. The second kappa shape index (κ2) is 12.3. The van der Waals surface area contributed by atoms with Crippen molar-refractivity contribution in [1.82, 2.24) is 0 Å². The number of para-hydroxylation sites is 2. The SMILES string of the molecule is c1ccc(-c2ccc(N(c3cccc4c3-c3ccccc3C43c4ccccc4-c4ccccc4-c4ccccc43)c3cccc4c3oc3ccccc34)cc2)cc1. The van der Waals surface area contributed by atoms with Gasteiger partial charge in [0.15, 0.2) is 5.58 Å². The Labute approximate surface area is 331 Å². The van der Waals surface area contributed by atoms with E-state index in [9.17, 15) is 0 Å². The molecule has 2 aliphatic carbocycles. The minimum absolute atomic E-state index is 0.581. The third kappa shape index (κ3) is 4.47. The van der Waals surface area contributed by atoms with Gasteiger partial charge in [0.1, 0.15) is 5.58 Å². The standard InChI is InChI=1S/C55H35NO/c1-2-16-36(17-3-1)37-32-34-38(35-33-37)56(51-30-14-24-44-43-22-9-13-31-52(43)57-54(44)51)50-29-15-28-49-53(50)45-23-8-12-27-48(45)55(49)46-25-10-6-20-41(46)39-18-4-5-19-40(39)42-21-7-11-26-47(42)55/h1-35H. The van der Waals surface area contributed by atoms with Gasteiger partial charge in [0.2, 0.25) is 0 Å². The van der Waals surface area contributed by atoms with E-state index in [4.69, 9.17) is 4.42 Å². The van der Waals surface area contributed by atoms with Crippen LogP contribution in [0.5, 0.6) is 0 Å². The van der Waals surface area contributed by atoms with Gasteiger partial charge in [-0.15, -0.1) is 0 Å². The van der Waals surface area contributed by atoms with Crippen molar-refractivity contribution in [3.63, 3.8) is 0 Å². The van der Waals surface area contributed by atoms with Crippen LogP contribution < -0.4 is 4.90 Å². The molecule has 0 bridgehead atoms. The number of anilines is 3. The molecule has 0 N–H and O–H groups in total. The summed E-state index contributed by atoms with van der Waals surface area (Å²) in [4.78, 5) is 2.43. The Bertz CT molecular complexity index is 3120. The smallest absolute Gasteiger partial charge is 0.159 e. The lowest BCUT2D eigenvalue weighted by Crippen LogP contribution is -2.29. The molecule has 266 valence electrons. The molecular weight excluding hydrogens is 691 g/mol. The average Bonchev–Trinajstić information content (AvgIpc) is 3.79. The predicted molar refractivity (Wildman–Crippen MR) is 236 cm³/mol. The summed E-state index contributed by atoms with van der Waals surface area (Å²) >= 11 is 0. The normalized spacial score (nSPS) is 13.1. The maximum absolute atomic E-state index is 6.80. The van der Waals surface area contributed by atoms with Crippen molar-refractivity contribution in [3.8, 4) is 44.5 Å². The van der Waals surface area contributed by atoms with Gasteiger partial charge in [-0.1, -0.05) is 182 Å². The van der Waals surface area contributed by atoms with Gasteiger partial charge >= 0.3 is 0 Å². The first-order valence-corrected chi connectivity index (χ1v) is 19.7. The Morgan fingerprint density at radius 1 is 0.333 bits per heavy atom. The number of rotatable bonds is 4. The molecule has 1 aromatic heterocycles. The second-order valence-corrected chi connectivity index (χ2v) is 15.1. The zero-order valence-electron chi connectivity index (χ0n) is 31.1. The highest BCUT2D eigenvalue weighted by Gasteiger charge is 2.50. The van der Waals surface area contributed by atoms with E-state index in [1.807, 2.05) is 6.07 Å². The molecule has 1 spiro atoms. The summed E-state index contributed by atoms with van der Waals surface area (Å²) in [5, 5.41) is 2.21. The lowest BCUT2D eigenvalue weighted by Gasteiger charge is -2.35.